The molecule has 0 aliphatic rings. The monoisotopic (exact) mass is 219 g/mol. The van der Waals surface area contributed by atoms with Crippen molar-refractivity contribution in [2.45, 2.75) is 26.1 Å². The molecule has 0 aliphatic heterocycles. The van der Waals surface area contributed by atoms with Gasteiger partial charge in [-0.1, -0.05) is 49.6 Å². The highest BCUT2D eigenvalue weighted by atomic mass is 28.3. The third-order valence-corrected chi connectivity index (χ3v) is 3.27. The molecule has 15 heavy (non-hydrogen) atoms. The van der Waals surface area contributed by atoms with Gasteiger partial charge in [0.1, 0.15) is 0 Å². The van der Waals surface area contributed by atoms with Gasteiger partial charge in [0.2, 0.25) is 0 Å². The van der Waals surface area contributed by atoms with Crippen LogP contribution in [0.15, 0.2) is 42.1 Å². The van der Waals surface area contributed by atoms with Gasteiger partial charge in [0.25, 0.3) is 0 Å². The number of nitrogens with one attached hydrogen (secondary N) is 1. The number of rotatable bonds is 5. The number of para-hydroxylation sites is 1. The molecule has 1 rings (SSSR count). The summed E-state index contributed by atoms with van der Waals surface area (Å²) in [6, 6.07) is 10.3. The minimum absolute atomic E-state index is 0.995. The Hall–Kier alpha value is -1.02. The minimum Gasteiger partial charge on any atom is -0.385 e. The summed E-state index contributed by atoms with van der Waals surface area (Å²) < 4.78 is 0. The van der Waals surface area contributed by atoms with Gasteiger partial charge in [-0.3, -0.25) is 0 Å². The average molecular weight is 219 g/mol. The molecule has 82 valence electrons. The van der Waals surface area contributed by atoms with E-state index in [1.807, 2.05) is 6.07 Å². The van der Waals surface area contributed by atoms with Gasteiger partial charge in [0, 0.05) is 12.2 Å². The molecule has 0 saturated carbocycles. The molecule has 0 saturated heterocycles. The van der Waals surface area contributed by atoms with E-state index in [4.69, 9.17) is 0 Å². The third-order valence-electron chi connectivity index (χ3n) is 2.03. The van der Waals surface area contributed by atoms with Gasteiger partial charge in [-0.25, -0.2) is 0 Å². The summed E-state index contributed by atoms with van der Waals surface area (Å²) in [7, 11) is -0.995. The van der Waals surface area contributed by atoms with Gasteiger partial charge in [0.05, 0.1) is 8.07 Å². The molecular formula is C13H21NSi. The van der Waals surface area contributed by atoms with Crippen molar-refractivity contribution in [2.75, 3.05) is 11.9 Å². The largest absolute Gasteiger partial charge is 0.385 e. The highest BCUT2D eigenvalue weighted by molar-refractivity contribution is 6.80. The first-order valence-corrected chi connectivity index (χ1v) is 9.12. The van der Waals surface area contributed by atoms with Crippen molar-refractivity contribution in [2.24, 2.45) is 0 Å². The predicted octanol–water partition coefficient (Wildman–Crippen LogP) is 3.92. The van der Waals surface area contributed by atoms with E-state index in [1.54, 1.807) is 0 Å². The van der Waals surface area contributed by atoms with Gasteiger partial charge in [-0.05, 0) is 18.6 Å². The lowest BCUT2D eigenvalue weighted by Crippen LogP contribution is -2.15. The van der Waals surface area contributed by atoms with Crippen LogP contribution in [-0.4, -0.2) is 14.6 Å². The van der Waals surface area contributed by atoms with Crippen LogP contribution >= 0.6 is 0 Å². The summed E-state index contributed by atoms with van der Waals surface area (Å²) in [5, 5.41) is 3.40. The zero-order chi connectivity index (χ0) is 11.1. The zero-order valence-electron chi connectivity index (χ0n) is 9.96. The van der Waals surface area contributed by atoms with Gasteiger partial charge < -0.3 is 5.32 Å². The Morgan fingerprint density at radius 2 is 1.80 bits per heavy atom. The van der Waals surface area contributed by atoms with E-state index in [2.05, 4.69) is 61.0 Å². The van der Waals surface area contributed by atoms with Crippen LogP contribution in [0.3, 0.4) is 0 Å². The first kappa shape index (κ1) is 12.0. The highest BCUT2D eigenvalue weighted by Gasteiger charge is 2.05. The van der Waals surface area contributed by atoms with Crippen LogP contribution in [0.5, 0.6) is 0 Å². The van der Waals surface area contributed by atoms with Crippen molar-refractivity contribution in [3.8, 4) is 0 Å². The summed E-state index contributed by atoms with van der Waals surface area (Å²) in [6.45, 7) is 8.08. The second-order valence-corrected chi connectivity index (χ2v) is 9.92. The van der Waals surface area contributed by atoms with Gasteiger partial charge in [-0.2, -0.15) is 0 Å². The number of anilines is 1. The normalized spacial score (nSPS) is 11.9. The summed E-state index contributed by atoms with van der Waals surface area (Å²) in [5.41, 5.74) is 3.61. The van der Waals surface area contributed by atoms with Crippen LogP contribution in [0.2, 0.25) is 19.6 Å². The van der Waals surface area contributed by atoms with E-state index in [9.17, 15) is 0 Å². The van der Waals surface area contributed by atoms with Crippen LogP contribution in [-0.2, 0) is 0 Å². The van der Waals surface area contributed by atoms with Crippen LogP contribution < -0.4 is 5.32 Å². The van der Waals surface area contributed by atoms with Crippen LogP contribution in [0, 0.1) is 0 Å². The maximum atomic E-state index is 3.40. The molecule has 0 spiro atoms. The molecule has 0 unspecified atom stereocenters. The molecule has 1 N–H and O–H groups in total. The van der Waals surface area contributed by atoms with Crippen molar-refractivity contribution in [1.82, 2.24) is 0 Å². The van der Waals surface area contributed by atoms with E-state index in [-0.39, 0.29) is 0 Å². The molecule has 0 amide bonds. The van der Waals surface area contributed by atoms with Crippen LogP contribution in [0.4, 0.5) is 5.69 Å². The summed E-state index contributed by atoms with van der Waals surface area (Å²) in [5.74, 6) is 0. The second kappa shape index (κ2) is 5.76. The topological polar surface area (TPSA) is 12.0 Å². The molecule has 1 aromatic carbocycles. The fourth-order valence-corrected chi connectivity index (χ4v) is 2.17. The SMILES string of the molecule is C[Si](C)(C)/C=C\CCNc1ccccc1. The van der Waals surface area contributed by atoms with Crippen molar-refractivity contribution in [3.05, 3.63) is 42.1 Å². The molecule has 0 fully saturated rings. The van der Waals surface area contributed by atoms with Gasteiger partial charge in [0.15, 0.2) is 0 Å². The van der Waals surface area contributed by atoms with Crippen molar-refractivity contribution in [1.29, 1.82) is 0 Å². The van der Waals surface area contributed by atoms with Crippen molar-refractivity contribution in [3.63, 3.8) is 0 Å². The highest BCUT2D eigenvalue weighted by Crippen LogP contribution is 2.06. The third kappa shape index (κ3) is 6.13. The molecule has 1 nitrogen and oxygen atoms in total. The Bertz CT molecular complexity index is 298. The molecule has 1 aromatic rings. The first-order valence-electron chi connectivity index (χ1n) is 5.54. The van der Waals surface area contributed by atoms with Gasteiger partial charge >= 0.3 is 0 Å². The Labute approximate surface area is 94.2 Å². The van der Waals surface area contributed by atoms with E-state index >= 15 is 0 Å². The summed E-state index contributed by atoms with van der Waals surface area (Å²) in [4.78, 5) is 0. The van der Waals surface area contributed by atoms with E-state index in [0.717, 1.165) is 13.0 Å². The average Bonchev–Trinajstić information content (AvgIpc) is 2.17. The minimum atomic E-state index is -0.995. The molecule has 0 aromatic heterocycles. The maximum absolute atomic E-state index is 3.40. The molecule has 0 heterocycles. The van der Waals surface area contributed by atoms with Crippen molar-refractivity contribution < 1.29 is 0 Å². The fraction of sp³-hybridized carbons (Fsp3) is 0.385. The summed E-state index contributed by atoms with van der Waals surface area (Å²) in [6.07, 6.45) is 3.42. The van der Waals surface area contributed by atoms with Crippen molar-refractivity contribution >= 4 is 13.8 Å². The molecule has 2 heteroatoms. The Morgan fingerprint density at radius 3 is 2.40 bits per heavy atom. The molecule has 0 bridgehead atoms. The standard InChI is InChI=1S/C13H21NSi/c1-15(2,3)12-8-7-11-14-13-9-5-4-6-10-13/h4-6,8-10,12,14H,7,11H2,1-3H3/b12-8-. The quantitative estimate of drug-likeness (QED) is 0.584. The lowest BCUT2D eigenvalue weighted by atomic mass is 10.3. The van der Waals surface area contributed by atoms with E-state index < -0.39 is 8.07 Å². The first-order chi connectivity index (χ1) is 7.08. The molecule has 0 radical (unpaired) electrons. The van der Waals surface area contributed by atoms with Gasteiger partial charge in [-0.15, -0.1) is 0 Å². The number of hydrogen-bond acceptors (Lipinski definition) is 1. The van der Waals surface area contributed by atoms with Crippen LogP contribution in [0.25, 0.3) is 0 Å². The second-order valence-electron chi connectivity index (χ2n) is 4.85. The number of hydrogen-bond donors (Lipinski definition) is 1. The zero-order valence-corrected chi connectivity index (χ0v) is 11.0. The lowest BCUT2D eigenvalue weighted by Gasteiger charge is -2.08. The summed E-state index contributed by atoms with van der Waals surface area (Å²) >= 11 is 0. The maximum Gasteiger partial charge on any atom is 0.0682 e. The lowest BCUT2D eigenvalue weighted by molar-refractivity contribution is 1.07. The predicted molar refractivity (Wildman–Crippen MR) is 72.0 cm³/mol. The van der Waals surface area contributed by atoms with E-state index in [0.29, 0.717) is 0 Å². The number of benzene rings is 1. The molecule has 0 atom stereocenters. The fourth-order valence-electron chi connectivity index (χ4n) is 1.29. The van der Waals surface area contributed by atoms with Crippen LogP contribution in [0.1, 0.15) is 6.42 Å². The van der Waals surface area contributed by atoms with E-state index in [1.165, 1.54) is 5.69 Å². The Morgan fingerprint density at radius 1 is 1.13 bits per heavy atom. The molecule has 0 aliphatic carbocycles. The Kier molecular flexibility index (Phi) is 4.63. The smallest absolute Gasteiger partial charge is 0.0682 e. The molecular weight excluding hydrogens is 198 g/mol. The Balaban J connectivity index is 2.21.